The Labute approximate surface area is 97.7 Å². The van der Waals surface area contributed by atoms with Gasteiger partial charge in [-0.1, -0.05) is 0 Å². The molecule has 0 heterocycles. The molecular weight excluding hydrogens is 228 g/mol. The number of ether oxygens (including phenoxy) is 1. The third kappa shape index (κ3) is 4.02. The minimum atomic E-state index is -0.291. The lowest BCUT2D eigenvalue weighted by Gasteiger charge is -2.05. The van der Waals surface area contributed by atoms with Crippen molar-refractivity contribution in [3.8, 4) is 0 Å². The van der Waals surface area contributed by atoms with Crippen molar-refractivity contribution in [3.63, 3.8) is 0 Å². The zero-order valence-electron chi connectivity index (χ0n) is 8.89. The van der Waals surface area contributed by atoms with Crippen LogP contribution in [0.4, 0.5) is 0 Å². The summed E-state index contributed by atoms with van der Waals surface area (Å²) >= 11 is 1.20. The molecule has 0 unspecified atom stereocenters. The highest BCUT2D eigenvalue weighted by Crippen LogP contribution is 2.20. The quantitative estimate of drug-likeness (QED) is 0.535. The normalized spacial score (nSPS) is 14.9. The van der Waals surface area contributed by atoms with Crippen LogP contribution in [0.1, 0.15) is 13.3 Å². The van der Waals surface area contributed by atoms with Crippen molar-refractivity contribution in [2.45, 2.75) is 13.3 Å². The molecule has 86 valence electrons. The molecule has 4 nitrogen and oxygen atoms in total. The average Bonchev–Trinajstić information content (AvgIpc) is 2.23. The highest BCUT2D eigenvalue weighted by atomic mass is 32.2. The van der Waals surface area contributed by atoms with Crippen LogP contribution in [-0.4, -0.2) is 29.9 Å². The summed E-state index contributed by atoms with van der Waals surface area (Å²) < 4.78 is 4.74. The molecule has 5 heteroatoms. The first kappa shape index (κ1) is 12.7. The van der Waals surface area contributed by atoms with Crippen molar-refractivity contribution in [3.05, 3.63) is 23.1 Å². The van der Waals surface area contributed by atoms with Crippen LogP contribution in [0.15, 0.2) is 23.1 Å². The van der Waals surface area contributed by atoms with Crippen LogP contribution in [0.5, 0.6) is 0 Å². The van der Waals surface area contributed by atoms with Gasteiger partial charge in [-0.05, 0) is 19.1 Å². The van der Waals surface area contributed by atoms with Gasteiger partial charge in [0, 0.05) is 11.8 Å². The number of carbonyl (C=O) groups is 3. The molecule has 1 aliphatic carbocycles. The molecular formula is C11H12O4S. The Kier molecular flexibility index (Phi) is 4.98. The van der Waals surface area contributed by atoms with E-state index in [4.69, 9.17) is 4.74 Å². The Bertz CT molecular complexity index is 368. The lowest BCUT2D eigenvalue weighted by molar-refractivity contribution is -0.142. The Morgan fingerprint density at radius 2 is 2.12 bits per heavy atom. The molecule has 0 aromatic carbocycles. The van der Waals surface area contributed by atoms with E-state index in [0.29, 0.717) is 17.3 Å². The molecule has 0 aromatic heterocycles. The summed E-state index contributed by atoms with van der Waals surface area (Å²) in [5.74, 6) is -0.232. The van der Waals surface area contributed by atoms with Crippen molar-refractivity contribution < 1.29 is 19.1 Å². The van der Waals surface area contributed by atoms with Crippen LogP contribution in [0.3, 0.4) is 0 Å². The molecule has 0 saturated heterocycles. The lowest BCUT2D eigenvalue weighted by atomic mass is 10.2. The predicted molar refractivity (Wildman–Crippen MR) is 60.9 cm³/mol. The molecule has 0 amide bonds. The zero-order chi connectivity index (χ0) is 12.0. The Balaban J connectivity index is 2.35. The van der Waals surface area contributed by atoms with Gasteiger partial charge in [0.05, 0.1) is 17.9 Å². The van der Waals surface area contributed by atoms with Crippen molar-refractivity contribution >= 4 is 29.3 Å². The summed E-state index contributed by atoms with van der Waals surface area (Å²) in [5, 5.41) is 0. The molecule has 0 N–H and O–H groups in total. The molecule has 0 radical (unpaired) electrons. The van der Waals surface area contributed by atoms with E-state index in [2.05, 4.69) is 0 Å². The summed E-state index contributed by atoms with van der Waals surface area (Å²) in [6.07, 6.45) is 4.01. The van der Waals surface area contributed by atoms with E-state index in [1.54, 1.807) is 6.92 Å². The molecule has 0 aliphatic heterocycles. The Morgan fingerprint density at radius 1 is 1.38 bits per heavy atom. The van der Waals surface area contributed by atoms with Gasteiger partial charge in [-0.15, -0.1) is 11.8 Å². The smallest absolute Gasteiger partial charge is 0.306 e. The van der Waals surface area contributed by atoms with Gasteiger partial charge in [-0.3, -0.25) is 14.4 Å². The van der Waals surface area contributed by atoms with Gasteiger partial charge in [-0.25, -0.2) is 0 Å². The maximum Gasteiger partial charge on any atom is 0.306 e. The maximum absolute atomic E-state index is 11.3. The largest absolute Gasteiger partial charge is 0.466 e. The van der Waals surface area contributed by atoms with E-state index >= 15 is 0 Å². The Hall–Kier alpha value is -1.36. The SMILES string of the molecule is CCOC(=O)CCSC1=CC(=O)C=CC1=O. The molecule has 0 saturated carbocycles. The van der Waals surface area contributed by atoms with Gasteiger partial charge in [0.25, 0.3) is 0 Å². The summed E-state index contributed by atoms with van der Waals surface area (Å²) in [4.78, 5) is 33.7. The first-order valence-electron chi connectivity index (χ1n) is 4.90. The standard InChI is InChI=1S/C11H12O4S/c1-2-15-11(14)5-6-16-10-7-8(12)3-4-9(10)13/h3-4,7H,2,5-6H2,1H3. The van der Waals surface area contributed by atoms with Gasteiger partial charge in [0.2, 0.25) is 0 Å². The van der Waals surface area contributed by atoms with E-state index in [9.17, 15) is 14.4 Å². The van der Waals surface area contributed by atoms with Gasteiger partial charge in [-0.2, -0.15) is 0 Å². The summed E-state index contributed by atoms with van der Waals surface area (Å²) in [5.41, 5.74) is 0. The van der Waals surface area contributed by atoms with Crippen molar-refractivity contribution in [2.24, 2.45) is 0 Å². The highest BCUT2D eigenvalue weighted by Gasteiger charge is 2.14. The lowest BCUT2D eigenvalue weighted by Crippen LogP contribution is -2.08. The van der Waals surface area contributed by atoms with E-state index in [1.165, 1.54) is 30.0 Å². The fourth-order valence-electron chi connectivity index (χ4n) is 1.08. The second kappa shape index (κ2) is 6.27. The monoisotopic (exact) mass is 240 g/mol. The number of carbonyl (C=O) groups excluding carboxylic acids is 3. The van der Waals surface area contributed by atoms with E-state index < -0.39 is 0 Å². The first-order chi connectivity index (χ1) is 7.63. The number of ketones is 2. The average molecular weight is 240 g/mol. The number of hydrogen-bond donors (Lipinski definition) is 0. The van der Waals surface area contributed by atoms with Crippen LogP contribution in [0, 0.1) is 0 Å². The second-order valence-corrected chi connectivity index (χ2v) is 4.15. The van der Waals surface area contributed by atoms with Crippen LogP contribution < -0.4 is 0 Å². The van der Waals surface area contributed by atoms with Gasteiger partial charge < -0.3 is 4.74 Å². The third-order valence-corrected chi connectivity index (χ3v) is 2.82. The number of rotatable bonds is 5. The first-order valence-corrected chi connectivity index (χ1v) is 5.88. The molecule has 0 fully saturated rings. The highest BCUT2D eigenvalue weighted by molar-refractivity contribution is 8.04. The fraction of sp³-hybridized carbons (Fsp3) is 0.364. The van der Waals surface area contributed by atoms with Crippen molar-refractivity contribution in [1.29, 1.82) is 0 Å². The molecule has 0 atom stereocenters. The minimum absolute atomic E-state index is 0.187. The third-order valence-electron chi connectivity index (χ3n) is 1.78. The second-order valence-electron chi connectivity index (χ2n) is 3.01. The van der Waals surface area contributed by atoms with E-state index in [1.807, 2.05) is 0 Å². The van der Waals surface area contributed by atoms with Crippen LogP contribution in [-0.2, 0) is 19.1 Å². The summed E-state index contributed by atoms with van der Waals surface area (Å²) in [6, 6.07) is 0. The molecule has 1 rings (SSSR count). The maximum atomic E-state index is 11.3. The molecule has 0 bridgehead atoms. The molecule has 0 aromatic rings. The summed E-state index contributed by atoms with van der Waals surface area (Å²) in [7, 11) is 0. The van der Waals surface area contributed by atoms with E-state index in [-0.39, 0.29) is 24.0 Å². The number of thioether (sulfide) groups is 1. The van der Waals surface area contributed by atoms with Gasteiger partial charge in [0.15, 0.2) is 11.6 Å². The number of esters is 1. The molecule has 1 aliphatic rings. The fourth-order valence-corrected chi connectivity index (χ4v) is 1.98. The number of allylic oxidation sites excluding steroid dienone is 4. The topological polar surface area (TPSA) is 60.4 Å². The zero-order valence-corrected chi connectivity index (χ0v) is 9.71. The molecule has 16 heavy (non-hydrogen) atoms. The van der Waals surface area contributed by atoms with Gasteiger partial charge in [0.1, 0.15) is 0 Å². The summed E-state index contributed by atoms with van der Waals surface area (Å²) in [6.45, 7) is 2.09. The molecule has 0 spiro atoms. The Morgan fingerprint density at radius 3 is 2.81 bits per heavy atom. The number of hydrogen-bond acceptors (Lipinski definition) is 5. The van der Waals surface area contributed by atoms with Crippen LogP contribution in [0.2, 0.25) is 0 Å². The van der Waals surface area contributed by atoms with Gasteiger partial charge >= 0.3 is 5.97 Å². The van der Waals surface area contributed by atoms with Crippen LogP contribution >= 0.6 is 11.8 Å². The van der Waals surface area contributed by atoms with Crippen molar-refractivity contribution in [2.75, 3.05) is 12.4 Å². The van der Waals surface area contributed by atoms with E-state index in [0.717, 1.165) is 0 Å². The minimum Gasteiger partial charge on any atom is -0.466 e. The predicted octanol–water partition coefficient (Wildman–Crippen LogP) is 1.26. The van der Waals surface area contributed by atoms with Crippen LogP contribution in [0.25, 0.3) is 0 Å². The van der Waals surface area contributed by atoms with Crippen molar-refractivity contribution in [1.82, 2.24) is 0 Å².